The van der Waals surface area contributed by atoms with E-state index in [1.807, 2.05) is 37.8 Å². The van der Waals surface area contributed by atoms with Crippen molar-refractivity contribution in [2.24, 2.45) is 5.73 Å². The molecule has 5 heteroatoms. The Bertz CT molecular complexity index is 450. The second-order valence-electron chi connectivity index (χ2n) is 4.78. The van der Waals surface area contributed by atoms with Crippen molar-refractivity contribution in [2.45, 2.75) is 39.3 Å². The molecule has 1 aliphatic heterocycles. The lowest BCUT2D eigenvalue weighted by molar-refractivity contribution is 0.0741. The van der Waals surface area contributed by atoms with Gasteiger partial charge in [0.05, 0.1) is 11.3 Å². The van der Waals surface area contributed by atoms with Gasteiger partial charge in [-0.2, -0.15) is 0 Å². The summed E-state index contributed by atoms with van der Waals surface area (Å²) in [7, 11) is 0. The second kappa shape index (κ2) is 5.67. The molecule has 2 heterocycles. The molecule has 1 saturated heterocycles. The number of carbonyl (C=O) groups excluding carboxylic acids is 1. The van der Waals surface area contributed by atoms with Gasteiger partial charge in [0.2, 0.25) is 0 Å². The molecule has 18 heavy (non-hydrogen) atoms. The molecular formula is C13H20ClN3O. The standard InChI is InChI=1S/C13H19N3O.ClH/c1-8-4-5-11(9(2)15-8)13(17)16-7-6-12(14)10(16)3;/h4-5,10,12H,6-7,14H2,1-3H3;1H. The third-order valence-electron chi connectivity index (χ3n) is 3.53. The van der Waals surface area contributed by atoms with E-state index in [-0.39, 0.29) is 30.4 Å². The van der Waals surface area contributed by atoms with Crippen LogP contribution in [0.15, 0.2) is 12.1 Å². The number of hydrogen-bond acceptors (Lipinski definition) is 3. The molecule has 1 aliphatic rings. The van der Waals surface area contributed by atoms with E-state index in [0.717, 1.165) is 24.4 Å². The Morgan fingerprint density at radius 1 is 1.44 bits per heavy atom. The average Bonchev–Trinajstić information content (AvgIpc) is 2.59. The molecule has 0 bridgehead atoms. The Labute approximate surface area is 114 Å². The fourth-order valence-electron chi connectivity index (χ4n) is 2.32. The predicted molar refractivity (Wildman–Crippen MR) is 74.0 cm³/mol. The predicted octanol–water partition coefficient (Wildman–Crippen LogP) is 1.68. The number of likely N-dealkylation sites (tertiary alicyclic amines) is 1. The Balaban J connectivity index is 0.00000162. The molecule has 0 spiro atoms. The topological polar surface area (TPSA) is 59.2 Å². The Morgan fingerprint density at radius 2 is 2.11 bits per heavy atom. The molecule has 2 atom stereocenters. The quantitative estimate of drug-likeness (QED) is 0.844. The molecule has 2 rings (SSSR count). The molecule has 0 aromatic carbocycles. The smallest absolute Gasteiger partial charge is 0.255 e. The number of nitrogens with zero attached hydrogens (tertiary/aromatic N) is 2. The SMILES string of the molecule is Cc1ccc(C(=O)N2CCC(N)C2C)c(C)n1.Cl. The molecule has 0 aliphatic carbocycles. The number of nitrogens with two attached hydrogens (primary N) is 1. The maximum atomic E-state index is 12.4. The van der Waals surface area contributed by atoms with Crippen LogP contribution in [0.1, 0.15) is 35.1 Å². The zero-order chi connectivity index (χ0) is 12.6. The molecule has 0 radical (unpaired) electrons. The van der Waals surface area contributed by atoms with E-state index < -0.39 is 0 Å². The first-order valence-electron chi connectivity index (χ1n) is 6.01. The summed E-state index contributed by atoms with van der Waals surface area (Å²) < 4.78 is 0. The highest BCUT2D eigenvalue weighted by molar-refractivity contribution is 5.95. The van der Waals surface area contributed by atoms with Crippen molar-refractivity contribution < 1.29 is 4.79 Å². The van der Waals surface area contributed by atoms with Crippen molar-refractivity contribution in [3.05, 3.63) is 29.1 Å². The number of carbonyl (C=O) groups is 1. The molecule has 0 saturated carbocycles. The van der Waals surface area contributed by atoms with Gasteiger partial charge in [0, 0.05) is 24.3 Å². The summed E-state index contributed by atoms with van der Waals surface area (Å²) in [6.45, 7) is 6.55. The van der Waals surface area contributed by atoms with E-state index in [2.05, 4.69) is 4.98 Å². The minimum Gasteiger partial charge on any atom is -0.334 e. The van der Waals surface area contributed by atoms with Gasteiger partial charge >= 0.3 is 0 Å². The molecule has 2 unspecified atom stereocenters. The van der Waals surface area contributed by atoms with E-state index in [1.54, 1.807) is 0 Å². The van der Waals surface area contributed by atoms with Crippen LogP contribution in [-0.4, -0.2) is 34.4 Å². The van der Waals surface area contributed by atoms with Crippen molar-refractivity contribution in [3.8, 4) is 0 Å². The number of hydrogen-bond donors (Lipinski definition) is 1. The van der Waals surface area contributed by atoms with Crippen LogP contribution in [0, 0.1) is 13.8 Å². The van der Waals surface area contributed by atoms with Gasteiger partial charge in [-0.3, -0.25) is 9.78 Å². The normalized spacial score (nSPS) is 22.8. The fraction of sp³-hybridized carbons (Fsp3) is 0.538. The lowest BCUT2D eigenvalue weighted by atomic mass is 10.1. The minimum atomic E-state index is 0. The zero-order valence-corrected chi connectivity index (χ0v) is 11.8. The number of aromatic nitrogens is 1. The highest BCUT2D eigenvalue weighted by Crippen LogP contribution is 2.20. The summed E-state index contributed by atoms with van der Waals surface area (Å²) >= 11 is 0. The largest absolute Gasteiger partial charge is 0.334 e. The van der Waals surface area contributed by atoms with Gasteiger partial charge in [-0.05, 0) is 39.3 Å². The van der Waals surface area contributed by atoms with Crippen LogP contribution in [0.2, 0.25) is 0 Å². The van der Waals surface area contributed by atoms with Crippen LogP contribution >= 0.6 is 12.4 Å². The molecule has 100 valence electrons. The summed E-state index contributed by atoms with van der Waals surface area (Å²) in [6, 6.07) is 3.94. The van der Waals surface area contributed by atoms with Crippen molar-refractivity contribution in [1.29, 1.82) is 0 Å². The van der Waals surface area contributed by atoms with Crippen LogP contribution < -0.4 is 5.73 Å². The summed E-state index contributed by atoms with van der Waals surface area (Å²) in [5, 5.41) is 0. The van der Waals surface area contributed by atoms with Crippen molar-refractivity contribution >= 4 is 18.3 Å². The van der Waals surface area contributed by atoms with Gasteiger partial charge in [-0.15, -0.1) is 12.4 Å². The summed E-state index contributed by atoms with van der Waals surface area (Å²) in [4.78, 5) is 18.5. The summed E-state index contributed by atoms with van der Waals surface area (Å²) in [5.74, 6) is 0.0513. The van der Waals surface area contributed by atoms with E-state index >= 15 is 0 Å². The van der Waals surface area contributed by atoms with Crippen molar-refractivity contribution in [2.75, 3.05) is 6.54 Å². The Morgan fingerprint density at radius 3 is 2.61 bits per heavy atom. The third kappa shape index (κ3) is 2.65. The first kappa shape index (κ1) is 14.9. The minimum absolute atomic E-state index is 0. The van der Waals surface area contributed by atoms with Crippen LogP contribution in [0.25, 0.3) is 0 Å². The molecule has 4 nitrogen and oxygen atoms in total. The van der Waals surface area contributed by atoms with Gasteiger partial charge in [0.15, 0.2) is 0 Å². The first-order valence-corrected chi connectivity index (χ1v) is 6.01. The van der Waals surface area contributed by atoms with E-state index in [1.165, 1.54) is 0 Å². The monoisotopic (exact) mass is 269 g/mol. The van der Waals surface area contributed by atoms with E-state index in [4.69, 9.17) is 5.73 Å². The number of pyridine rings is 1. The highest BCUT2D eigenvalue weighted by Gasteiger charge is 2.32. The highest BCUT2D eigenvalue weighted by atomic mass is 35.5. The second-order valence-corrected chi connectivity index (χ2v) is 4.78. The van der Waals surface area contributed by atoms with Crippen LogP contribution in [-0.2, 0) is 0 Å². The van der Waals surface area contributed by atoms with Gasteiger partial charge in [-0.1, -0.05) is 0 Å². The molecular weight excluding hydrogens is 250 g/mol. The van der Waals surface area contributed by atoms with Crippen LogP contribution in [0.3, 0.4) is 0 Å². The average molecular weight is 270 g/mol. The summed E-state index contributed by atoms with van der Waals surface area (Å²) in [5.41, 5.74) is 8.36. The number of amides is 1. The number of halogens is 1. The number of aryl methyl sites for hydroxylation is 2. The lowest BCUT2D eigenvalue weighted by Crippen LogP contribution is -2.40. The van der Waals surface area contributed by atoms with E-state index in [0.29, 0.717) is 5.56 Å². The van der Waals surface area contributed by atoms with Gasteiger partial charge in [0.25, 0.3) is 5.91 Å². The lowest BCUT2D eigenvalue weighted by Gasteiger charge is -2.23. The maximum absolute atomic E-state index is 12.4. The maximum Gasteiger partial charge on any atom is 0.255 e. The van der Waals surface area contributed by atoms with Gasteiger partial charge in [-0.25, -0.2) is 0 Å². The third-order valence-corrected chi connectivity index (χ3v) is 3.53. The van der Waals surface area contributed by atoms with Gasteiger partial charge in [0.1, 0.15) is 0 Å². The van der Waals surface area contributed by atoms with Crippen LogP contribution in [0.4, 0.5) is 0 Å². The first-order chi connectivity index (χ1) is 8.00. The van der Waals surface area contributed by atoms with E-state index in [9.17, 15) is 4.79 Å². The Hall–Kier alpha value is -1.13. The Kier molecular flexibility index (Phi) is 4.71. The molecule has 1 amide bonds. The van der Waals surface area contributed by atoms with Gasteiger partial charge < -0.3 is 10.6 Å². The van der Waals surface area contributed by atoms with Crippen LogP contribution in [0.5, 0.6) is 0 Å². The molecule has 1 aromatic rings. The fourth-order valence-corrected chi connectivity index (χ4v) is 2.32. The molecule has 1 aromatic heterocycles. The summed E-state index contributed by atoms with van der Waals surface area (Å²) in [6.07, 6.45) is 0.880. The molecule has 1 fully saturated rings. The number of rotatable bonds is 1. The van der Waals surface area contributed by atoms with Crippen molar-refractivity contribution in [1.82, 2.24) is 9.88 Å². The molecule has 2 N–H and O–H groups in total. The van der Waals surface area contributed by atoms with Crippen molar-refractivity contribution in [3.63, 3.8) is 0 Å². The zero-order valence-electron chi connectivity index (χ0n) is 11.0.